The van der Waals surface area contributed by atoms with Gasteiger partial charge in [-0.05, 0) is 18.6 Å². The fourth-order valence-corrected chi connectivity index (χ4v) is 1.58. The molecule has 5 nitrogen and oxygen atoms in total. The SMILES string of the molecule is CCCn1cc(C(=O)c2ccc(CN)o2)cn1. The molecule has 0 radical (unpaired) electrons. The van der Waals surface area contributed by atoms with E-state index in [2.05, 4.69) is 12.0 Å². The first-order chi connectivity index (χ1) is 8.24. The van der Waals surface area contributed by atoms with Crippen molar-refractivity contribution >= 4 is 5.78 Å². The van der Waals surface area contributed by atoms with Crippen LogP contribution in [0.4, 0.5) is 0 Å². The van der Waals surface area contributed by atoms with Crippen molar-refractivity contribution < 1.29 is 9.21 Å². The van der Waals surface area contributed by atoms with Crippen molar-refractivity contribution in [3.05, 3.63) is 41.6 Å². The first-order valence-electron chi connectivity index (χ1n) is 5.60. The zero-order valence-corrected chi connectivity index (χ0v) is 9.72. The van der Waals surface area contributed by atoms with Gasteiger partial charge in [-0.3, -0.25) is 9.48 Å². The fourth-order valence-electron chi connectivity index (χ4n) is 1.58. The summed E-state index contributed by atoms with van der Waals surface area (Å²) in [6.07, 6.45) is 4.27. The van der Waals surface area contributed by atoms with Crippen molar-refractivity contribution in [2.45, 2.75) is 26.4 Å². The summed E-state index contributed by atoms with van der Waals surface area (Å²) in [6.45, 7) is 3.16. The molecule has 2 rings (SSSR count). The van der Waals surface area contributed by atoms with Crippen LogP contribution < -0.4 is 5.73 Å². The highest BCUT2D eigenvalue weighted by Crippen LogP contribution is 2.13. The first kappa shape index (κ1) is 11.6. The summed E-state index contributed by atoms with van der Waals surface area (Å²) < 4.78 is 7.06. The number of furan rings is 1. The molecule has 0 aromatic carbocycles. The normalized spacial score (nSPS) is 10.7. The van der Waals surface area contributed by atoms with E-state index in [1.165, 1.54) is 0 Å². The zero-order valence-electron chi connectivity index (χ0n) is 9.72. The molecule has 0 aliphatic carbocycles. The lowest BCUT2D eigenvalue weighted by atomic mass is 10.2. The van der Waals surface area contributed by atoms with Gasteiger partial charge >= 0.3 is 0 Å². The highest BCUT2D eigenvalue weighted by Gasteiger charge is 2.15. The summed E-state index contributed by atoms with van der Waals surface area (Å²) in [4.78, 5) is 12.0. The van der Waals surface area contributed by atoms with E-state index < -0.39 is 0 Å². The van der Waals surface area contributed by atoms with Crippen molar-refractivity contribution in [1.29, 1.82) is 0 Å². The molecule has 2 aromatic heterocycles. The molecule has 0 amide bonds. The Morgan fingerprint density at radius 1 is 1.53 bits per heavy atom. The molecule has 0 saturated carbocycles. The van der Waals surface area contributed by atoms with Gasteiger partial charge in [0.1, 0.15) is 5.76 Å². The van der Waals surface area contributed by atoms with Gasteiger partial charge in [0.2, 0.25) is 5.78 Å². The minimum Gasteiger partial charge on any atom is -0.456 e. The average Bonchev–Trinajstić information content (AvgIpc) is 2.97. The van der Waals surface area contributed by atoms with E-state index >= 15 is 0 Å². The third kappa shape index (κ3) is 2.45. The van der Waals surface area contributed by atoms with Crippen LogP contribution in [0.5, 0.6) is 0 Å². The van der Waals surface area contributed by atoms with Crippen LogP contribution in [0.15, 0.2) is 28.9 Å². The van der Waals surface area contributed by atoms with Gasteiger partial charge in [0.05, 0.1) is 18.3 Å². The maximum absolute atomic E-state index is 12.0. The van der Waals surface area contributed by atoms with Gasteiger partial charge in [-0.25, -0.2) is 0 Å². The predicted molar refractivity (Wildman–Crippen MR) is 62.5 cm³/mol. The minimum absolute atomic E-state index is 0.160. The molecule has 0 spiro atoms. The summed E-state index contributed by atoms with van der Waals surface area (Å²) in [5, 5.41) is 4.11. The van der Waals surface area contributed by atoms with Gasteiger partial charge in [0.25, 0.3) is 0 Å². The third-order valence-corrected chi connectivity index (χ3v) is 2.43. The number of rotatable bonds is 5. The Morgan fingerprint density at radius 3 is 3.00 bits per heavy atom. The van der Waals surface area contributed by atoms with Gasteiger partial charge in [0, 0.05) is 12.7 Å². The summed E-state index contributed by atoms with van der Waals surface area (Å²) in [5.74, 6) is 0.753. The Hall–Kier alpha value is -1.88. The highest BCUT2D eigenvalue weighted by molar-refractivity contribution is 6.06. The summed E-state index contributed by atoms with van der Waals surface area (Å²) >= 11 is 0. The van der Waals surface area contributed by atoms with E-state index in [0.717, 1.165) is 13.0 Å². The van der Waals surface area contributed by atoms with Crippen molar-refractivity contribution in [1.82, 2.24) is 9.78 Å². The van der Waals surface area contributed by atoms with E-state index in [1.807, 2.05) is 0 Å². The number of carbonyl (C=O) groups is 1. The number of aromatic nitrogens is 2. The molecular formula is C12H15N3O2. The molecule has 0 aliphatic heterocycles. The lowest BCUT2D eigenvalue weighted by Gasteiger charge is -1.95. The van der Waals surface area contributed by atoms with Crippen molar-refractivity contribution in [2.75, 3.05) is 0 Å². The fraction of sp³-hybridized carbons (Fsp3) is 0.333. The number of hydrogen-bond acceptors (Lipinski definition) is 4. The average molecular weight is 233 g/mol. The van der Waals surface area contributed by atoms with Crippen LogP contribution in [0.3, 0.4) is 0 Å². The van der Waals surface area contributed by atoms with Crippen LogP contribution in [0.2, 0.25) is 0 Å². The molecule has 5 heteroatoms. The standard InChI is InChI=1S/C12H15N3O2/c1-2-5-15-8-9(7-14-15)12(16)11-4-3-10(6-13)17-11/h3-4,7-8H,2,5-6,13H2,1H3. The molecule has 90 valence electrons. The van der Waals surface area contributed by atoms with Crippen molar-refractivity contribution in [3.8, 4) is 0 Å². The Morgan fingerprint density at radius 2 is 2.35 bits per heavy atom. The quantitative estimate of drug-likeness (QED) is 0.795. The summed E-state index contributed by atoms with van der Waals surface area (Å²) in [7, 11) is 0. The number of nitrogens with two attached hydrogens (primary N) is 1. The second-order valence-electron chi connectivity index (χ2n) is 3.79. The van der Waals surface area contributed by atoms with E-state index in [-0.39, 0.29) is 5.78 Å². The molecule has 0 atom stereocenters. The van der Waals surface area contributed by atoms with Crippen LogP contribution in [0.25, 0.3) is 0 Å². The molecule has 0 unspecified atom stereocenters. The Balaban J connectivity index is 2.18. The van der Waals surface area contributed by atoms with Crippen molar-refractivity contribution in [3.63, 3.8) is 0 Å². The molecule has 17 heavy (non-hydrogen) atoms. The number of nitrogens with zero attached hydrogens (tertiary/aromatic N) is 2. The van der Waals surface area contributed by atoms with Gasteiger partial charge in [-0.2, -0.15) is 5.10 Å². The van der Waals surface area contributed by atoms with Gasteiger partial charge < -0.3 is 10.2 Å². The number of ketones is 1. The van der Waals surface area contributed by atoms with E-state index in [4.69, 9.17) is 10.2 Å². The Kier molecular flexibility index (Phi) is 3.39. The van der Waals surface area contributed by atoms with Crippen LogP contribution in [0, 0.1) is 0 Å². The molecule has 0 aliphatic rings. The Labute approximate surface area is 99.2 Å². The third-order valence-electron chi connectivity index (χ3n) is 2.43. The van der Waals surface area contributed by atoms with Gasteiger partial charge in [-0.1, -0.05) is 6.92 Å². The molecule has 2 aromatic rings. The number of hydrogen-bond donors (Lipinski definition) is 1. The second-order valence-corrected chi connectivity index (χ2v) is 3.79. The number of aryl methyl sites for hydroxylation is 1. The Bertz CT molecular complexity index is 513. The van der Waals surface area contributed by atoms with Crippen molar-refractivity contribution in [2.24, 2.45) is 5.73 Å². The molecular weight excluding hydrogens is 218 g/mol. The van der Waals surface area contributed by atoms with Crippen LogP contribution >= 0.6 is 0 Å². The van der Waals surface area contributed by atoms with Crippen LogP contribution in [0.1, 0.15) is 35.2 Å². The maximum atomic E-state index is 12.0. The molecule has 0 bridgehead atoms. The van der Waals surface area contributed by atoms with E-state index in [9.17, 15) is 4.79 Å². The minimum atomic E-state index is -0.160. The molecule has 2 heterocycles. The maximum Gasteiger partial charge on any atom is 0.231 e. The monoisotopic (exact) mass is 233 g/mol. The largest absolute Gasteiger partial charge is 0.456 e. The van der Waals surface area contributed by atoms with E-state index in [0.29, 0.717) is 23.6 Å². The predicted octanol–water partition coefficient (Wildman–Crippen LogP) is 1.58. The zero-order chi connectivity index (χ0) is 12.3. The molecule has 0 saturated heterocycles. The van der Waals surface area contributed by atoms with Crippen LogP contribution in [-0.4, -0.2) is 15.6 Å². The van der Waals surface area contributed by atoms with Gasteiger partial charge in [0.15, 0.2) is 5.76 Å². The number of carbonyl (C=O) groups excluding carboxylic acids is 1. The lowest BCUT2D eigenvalue weighted by molar-refractivity contribution is 0.101. The van der Waals surface area contributed by atoms with Gasteiger partial charge in [-0.15, -0.1) is 0 Å². The molecule has 2 N–H and O–H groups in total. The lowest BCUT2D eigenvalue weighted by Crippen LogP contribution is -1.99. The summed E-state index contributed by atoms with van der Waals surface area (Å²) in [6, 6.07) is 3.35. The smallest absolute Gasteiger partial charge is 0.231 e. The topological polar surface area (TPSA) is 74.0 Å². The second kappa shape index (κ2) is 4.97. The van der Waals surface area contributed by atoms with Crippen LogP contribution in [-0.2, 0) is 13.1 Å². The first-order valence-corrected chi connectivity index (χ1v) is 5.60. The summed E-state index contributed by atoms with van der Waals surface area (Å²) in [5.41, 5.74) is 5.96. The molecule has 0 fully saturated rings. The highest BCUT2D eigenvalue weighted by atomic mass is 16.3. The van der Waals surface area contributed by atoms with E-state index in [1.54, 1.807) is 29.2 Å².